The summed E-state index contributed by atoms with van der Waals surface area (Å²) in [4.78, 5) is 8.64. The second kappa shape index (κ2) is 6.51. The predicted molar refractivity (Wildman–Crippen MR) is 73.2 cm³/mol. The molecule has 18 heavy (non-hydrogen) atoms. The number of rotatable bonds is 7. The van der Waals surface area contributed by atoms with Crippen LogP contribution in [-0.4, -0.2) is 22.1 Å². The van der Waals surface area contributed by atoms with Crippen molar-refractivity contribution in [1.82, 2.24) is 9.97 Å². The van der Waals surface area contributed by atoms with Crippen molar-refractivity contribution in [3.05, 3.63) is 11.9 Å². The fourth-order valence-corrected chi connectivity index (χ4v) is 1.33. The van der Waals surface area contributed by atoms with Gasteiger partial charge < -0.3 is 15.5 Å². The number of hydrazine groups is 1. The summed E-state index contributed by atoms with van der Waals surface area (Å²) in [5, 5.41) is 3.36. The lowest BCUT2D eigenvalue weighted by Crippen LogP contribution is -2.30. The van der Waals surface area contributed by atoms with Crippen molar-refractivity contribution in [1.29, 1.82) is 0 Å². The van der Waals surface area contributed by atoms with E-state index in [4.69, 9.17) is 10.6 Å². The van der Waals surface area contributed by atoms with E-state index < -0.39 is 0 Å². The molecule has 0 saturated heterocycles. The van der Waals surface area contributed by atoms with Crippen LogP contribution in [0.4, 0.5) is 11.6 Å². The van der Waals surface area contributed by atoms with Crippen molar-refractivity contribution in [2.75, 3.05) is 17.3 Å². The van der Waals surface area contributed by atoms with Crippen molar-refractivity contribution in [3.63, 3.8) is 0 Å². The van der Waals surface area contributed by atoms with Crippen LogP contribution in [0.5, 0.6) is 0 Å². The van der Waals surface area contributed by atoms with Gasteiger partial charge in [-0.25, -0.2) is 15.8 Å². The molecule has 1 aromatic heterocycles. The summed E-state index contributed by atoms with van der Waals surface area (Å²) >= 11 is 0. The number of anilines is 2. The predicted octanol–water partition coefficient (Wildman–Crippen LogP) is 1.90. The first kappa shape index (κ1) is 14.7. The molecule has 1 rings (SSSR count). The molecule has 6 heteroatoms. The molecule has 4 N–H and O–H groups in total. The molecule has 0 amide bonds. The summed E-state index contributed by atoms with van der Waals surface area (Å²) in [5.41, 5.74) is 2.52. The van der Waals surface area contributed by atoms with Crippen LogP contribution < -0.4 is 16.6 Å². The maximum Gasteiger partial charge on any atom is 0.158 e. The van der Waals surface area contributed by atoms with E-state index in [-0.39, 0.29) is 5.54 Å². The number of nitrogens with zero attached hydrogens (tertiary/aromatic N) is 2. The number of nitrogen functional groups attached to an aromatic ring is 1. The minimum atomic E-state index is -0.0247. The van der Waals surface area contributed by atoms with E-state index in [0.717, 1.165) is 12.2 Å². The molecule has 0 aliphatic carbocycles. The third kappa shape index (κ3) is 4.46. The van der Waals surface area contributed by atoms with Gasteiger partial charge in [-0.15, -0.1) is 0 Å². The number of nitrogens with two attached hydrogens (primary N) is 1. The molecule has 1 aromatic rings. The summed E-state index contributed by atoms with van der Waals surface area (Å²) in [7, 11) is 0. The molecule has 0 saturated carbocycles. The number of ether oxygens (including phenoxy) is 1. The fraction of sp³-hybridized carbons (Fsp3) is 0.667. The zero-order valence-electron chi connectivity index (χ0n) is 11.6. The van der Waals surface area contributed by atoms with Crippen molar-refractivity contribution < 1.29 is 4.74 Å². The molecule has 0 fully saturated rings. The third-order valence-corrected chi connectivity index (χ3v) is 2.71. The molecule has 0 atom stereocenters. The smallest absolute Gasteiger partial charge is 0.158 e. The van der Waals surface area contributed by atoms with Crippen molar-refractivity contribution in [3.8, 4) is 0 Å². The van der Waals surface area contributed by atoms with Gasteiger partial charge in [-0.05, 0) is 27.2 Å². The standard InChI is InChI=1S/C12H23N5O/c1-5-12(3,4)16-9-7-10(17-13)15-11(14-9)8-18-6-2/h7H,5-6,8,13H2,1-4H3,(H2,14,15,16,17). The highest BCUT2D eigenvalue weighted by Crippen LogP contribution is 2.18. The lowest BCUT2D eigenvalue weighted by molar-refractivity contribution is 0.128. The normalized spacial score (nSPS) is 11.4. The van der Waals surface area contributed by atoms with Gasteiger partial charge in [-0.1, -0.05) is 6.92 Å². The van der Waals surface area contributed by atoms with Crippen LogP contribution in [0.15, 0.2) is 6.07 Å². The second-order valence-electron chi connectivity index (χ2n) is 4.70. The van der Waals surface area contributed by atoms with Crippen LogP contribution in [0, 0.1) is 0 Å². The van der Waals surface area contributed by atoms with Crippen LogP contribution in [0.1, 0.15) is 39.9 Å². The van der Waals surface area contributed by atoms with Gasteiger partial charge in [0.25, 0.3) is 0 Å². The number of nitrogens with one attached hydrogen (secondary N) is 2. The molecule has 6 nitrogen and oxygen atoms in total. The third-order valence-electron chi connectivity index (χ3n) is 2.71. The molecule has 0 unspecified atom stereocenters. The van der Waals surface area contributed by atoms with Crippen LogP contribution in [0.3, 0.4) is 0 Å². The Labute approximate surface area is 108 Å². The first-order chi connectivity index (χ1) is 8.50. The Morgan fingerprint density at radius 3 is 2.50 bits per heavy atom. The summed E-state index contributed by atoms with van der Waals surface area (Å²) in [6.45, 7) is 9.31. The highest BCUT2D eigenvalue weighted by Gasteiger charge is 2.16. The molecule has 0 spiro atoms. The Balaban J connectivity index is 2.89. The number of hydrogen-bond donors (Lipinski definition) is 3. The largest absolute Gasteiger partial charge is 0.374 e. The Morgan fingerprint density at radius 2 is 1.94 bits per heavy atom. The lowest BCUT2D eigenvalue weighted by Gasteiger charge is -2.25. The van der Waals surface area contributed by atoms with E-state index in [2.05, 4.69) is 41.5 Å². The van der Waals surface area contributed by atoms with Gasteiger partial charge in [0.2, 0.25) is 0 Å². The monoisotopic (exact) mass is 253 g/mol. The minimum Gasteiger partial charge on any atom is -0.374 e. The van der Waals surface area contributed by atoms with Crippen LogP contribution >= 0.6 is 0 Å². The average molecular weight is 253 g/mol. The lowest BCUT2D eigenvalue weighted by atomic mass is 10.0. The van der Waals surface area contributed by atoms with E-state index >= 15 is 0 Å². The van der Waals surface area contributed by atoms with Gasteiger partial charge in [-0.2, -0.15) is 0 Å². The molecule has 0 bridgehead atoms. The molecule has 0 aliphatic heterocycles. The van der Waals surface area contributed by atoms with E-state index in [1.165, 1.54) is 0 Å². The van der Waals surface area contributed by atoms with Gasteiger partial charge in [0.15, 0.2) is 5.82 Å². The summed E-state index contributed by atoms with van der Waals surface area (Å²) in [6, 6.07) is 1.78. The van der Waals surface area contributed by atoms with Crippen molar-refractivity contribution in [2.24, 2.45) is 5.84 Å². The number of aromatic nitrogens is 2. The quantitative estimate of drug-likeness (QED) is 0.508. The Kier molecular flexibility index (Phi) is 5.30. The first-order valence-corrected chi connectivity index (χ1v) is 6.21. The van der Waals surface area contributed by atoms with Gasteiger partial charge in [-0.3, -0.25) is 0 Å². The second-order valence-corrected chi connectivity index (χ2v) is 4.70. The zero-order valence-corrected chi connectivity index (χ0v) is 11.6. The van der Waals surface area contributed by atoms with E-state index in [1.807, 2.05) is 6.92 Å². The summed E-state index contributed by atoms with van der Waals surface area (Å²) in [5.74, 6) is 7.34. The fourth-order valence-electron chi connectivity index (χ4n) is 1.33. The molecular weight excluding hydrogens is 230 g/mol. The maximum atomic E-state index is 5.40. The topological polar surface area (TPSA) is 85.1 Å². The van der Waals surface area contributed by atoms with Gasteiger partial charge in [0.05, 0.1) is 0 Å². The van der Waals surface area contributed by atoms with Crippen LogP contribution in [-0.2, 0) is 11.3 Å². The van der Waals surface area contributed by atoms with Crippen molar-refractivity contribution in [2.45, 2.75) is 46.3 Å². The van der Waals surface area contributed by atoms with Gasteiger partial charge >= 0.3 is 0 Å². The van der Waals surface area contributed by atoms with Gasteiger partial charge in [0.1, 0.15) is 18.2 Å². The van der Waals surface area contributed by atoms with E-state index in [1.54, 1.807) is 6.07 Å². The molecule has 1 heterocycles. The Hall–Kier alpha value is -1.40. The summed E-state index contributed by atoms with van der Waals surface area (Å²) in [6.07, 6.45) is 0.989. The van der Waals surface area contributed by atoms with Crippen molar-refractivity contribution >= 4 is 11.6 Å². The van der Waals surface area contributed by atoms with Crippen LogP contribution in [0.25, 0.3) is 0 Å². The van der Waals surface area contributed by atoms with E-state index in [0.29, 0.717) is 24.9 Å². The average Bonchev–Trinajstić information content (AvgIpc) is 2.35. The van der Waals surface area contributed by atoms with Gasteiger partial charge in [0, 0.05) is 18.2 Å². The first-order valence-electron chi connectivity index (χ1n) is 6.21. The highest BCUT2D eigenvalue weighted by atomic mass is 16.5. The number of hydrogen-bond acceptors (Lipinski definition) is 6. The molecule has 0 aromatic carbocycles. The molecular formula is C12H23N5O. The van der Waals surface area contributed by atoms with E-state index in [9.17, 15) is 0 Å². The summed E-state index contributed by atoms with van der Waals surface area (Å²) < 4.78 is 5.31. The Bertz CT molecular complexity index is 381. The highest BCUT2D eigenvalue weighted by molar-refractivity contribution is 5.48. The molecule has 0 radical (unpaired) electrons. The molecule has 0 aliphatic rings. The maximum absolute atomic E-state index is 5.40. The molecule has 102 valence electrons. The Morgan fingerprint density at radius 1 is 1.28 bits per heavy atom. The minimum absolute atomic E-state index is 0.0247. The SMILES string of the molecule is CCOCc1nc(NN)cc(NC(C)(C)CC)n1. The van der Waals surface area contributed by atoms with Crippen LogP contribution in [0.2, 0.25) is 0 Å². The zero-order chi connectivity index (χ0) is 13.6.